The van der Waals surface area contributed by atoms with E-state index < -0.39 is 29.3 Å². The molecule has 0 spiro atoms. The number of carbonyl (C=O) groups is 2. The minimum Gasteiger partial charge on any atom is -0.507 e. The molecular formula is C21H19ClFNO4. The average molecular weight is 404 g/mol. The largest absolute Gasteiger partial charge is 0.507 e. The van der Waals surface area contributed by atoms with Crippen molar-refractivity contribution in [1.29, 1.82) is 0 Å². The zero-order chi connectivity index (χ0) is 20.4. The first-order valence-electron chi connectivity index (χ1n) is 8.77. The molecule has 1 atom stereocenters. The first kappa shape index (κ1) is 19.9. The number of aliphatic hydroxyl groups is 1. The van der Waals surface area contributed by atoms with Crippen LogP contribution < -0.4 is 4.74 Å². The molecule has 1 aliphatic rings. The fraction of sp³-hybridized carbons (Fsp3) is 0.238. The molecule has 1 unspecified atom stereocenters. The van der Waals surface area contributed by atoms with Crippen molar-refractivity contribution in [1.82, 2.24) is 4.90 Å². The lowest BCUT2D eigenvalue weighted by Crippen LogP contribution is -2.30. The number of ketones is 1. The molecule has 28 heavy (non-hydrogen) atoms. The molecule has 146 valence electrons. The van der Waals surface area contributed by atoms with Gasteiger partial charge in [0.25, 0.3) is 11.7 Å². The van der Waals surface area contributed by atoms with Gasteiger partial charge in [-0.2, -0.15) is 0 Å². The second-order valence-electron chi connectivity index (χ2n) is 6.36. The summed E-state index contributed by atoms with van der Waals surface area (Å²) in [5.74, 6) is -2.28. The molecule has 0 radical (unpaired) electrons. The van der Waals surface area contributed by atoms with Gasteiger partial charge in [0, 0.05) is 17.7 Å². The summed E-state index contributed by atoms with van der Waals surface area (Å²) in [5.41, 5.74) is 0.0753. The number of hydrogen-bond donors (Lipinski definition) is 1. The third-order valence-electron chi connectivity index (χ3n) is 4.63. The van der Waals surface area contributed by atoms with Gasteiger partial charge in [-0.15, -0.1) is 0 Å². The SMILES string of the molecule is CCCN1C(=O)C(=O)/C(=C(/O)c2cc(OC)ccc2Cl)C1c1ccccc1F. The molecule has 0 saturated carbocycles. The van der Waals surface area contributed by atoms with Crippen LogP contribution in [-0.2, 0) is 9.59 Å². The fourth-order valence-electron chi connectivity index (χ4n) is 3.33. The van der Waals surface area contributed by atoms with Gasteiger partial charge in [0.1, 0.15) is 17.3 Å². The van der Waals surface area contributed by atoms with Crippen molar-refractivity contribution in [3.63, 3.8) is 0 Å². The molecule has 0 bridgehead atoms. The van der Waals surface area contributed by atoms with Crippen molar-refractivity contribution in [3.8, 4) is 5.75 Å². The Kier molecular flexibility index (Phi) is 5.70. The van der Waals surface area contributed by atoms with E-state index in [0.29, 0.717) is 12.2 Å². The van der Waals surface area contributed by atoms with Crippen molar-refractivity contribution >= 4 is 29.1 Å². The molecule has 1 fully saturated rings. The van der Waals surface area contributed by atoms with E-state index in [1.165, 1.54) is 42.3 Å². The Hall–Kier alpha value is -2.86. The Labute approximate surface area is 167 Å². The van der Waals surface area contributed by atoms with Gasteiger partial charge in [0.05, 0.1) is 23.7 Å². The lowest BCUT2D eigenvalue weighted by atomic mass is 9.94. The van der Waals surface area contributed by atoms with E-state index in [2.05, 4.69) is 0 Å². The highest BCUT2D eigenvalue weighted by atomic mass is 35.5. The summed E-state index contributed by atoms with van der Waals surface area (Å²) in [4.78, 5) is 26.6. The fourth-order valence-corrected chi connectivity index (χ4v) is 3.54. The third kappa shape index (κ3) is 3.36. The molecule has 3 rings (SSSR count). The van der Waals surface area contributed by atoms with Gasteiger partial charge < -0.3 is 14.7 Å². The van der Waals surface area contributed by atoms with Crippen LogP contribution in [0.5, 0.6) is 5.75 Å². The summed E-state index contributed by atoms with van der Waals surface area (Å²) >= 11 is 6.20. The molecule has 1 amide bonds. The van der Waals surface area contributed by atoms with Crippen molar-refractivity contribution in [2.45, 2.75) is 19.4 Å². The summed E-state index contributed by atoms with van der Waals surface area (Å²) in [6.07, 6.45) is 0.567. The van der Waals surface area contributed by atoms with Crippen molar-refractivity contribution in [3.05, 3.63) is 70.0 Å². The molecule has 0 aliphatic carbocycles. The lowest BCUT2D eigenvalue weighted by Gasteiger charge is -2.25. The van der Waals surface area contributed by atoms with Crippen LogP contribution in [0.2, 0.25) is 5.02 Å². The number of hydrogen-bond acceptors (Lipinski definition) is 4. The number of methoxy groups -OCH3 is 1. The molecular weight excluding hydrogens is 385 g/mol. The van der Waals surface area contributed by atoms with E-state index >= 15 is 0 Å². The molecule has 1 heterocycles. The Bertz CT molecular complexity index is 973. The molecule has 1 saturated heterocycles. The Morgan fingerprint density at radius 2 is 1.96 bits per heavy atom. The number of carbonyl (C=O) groups excluding carboxylic acids is 2. The van der Waals surface area contributed by atoms with Gasteiger partial charge in [0.15, 0.2) is 0 Å². The summed E-state index contributed by atoms with van der Waals surface area (Å²) < 4.78 is 19.7. The Balaban J connectivity index is 2.26. The second-order valence-corrected chi connectivity index (χ2v) is 6.77. The number of ether oxygens (including phenoxy) is 1. The van der Waals surface area contributed by atoms with E-state index in [1.807, 2.05) is 6.92 Å². The first-order valence-corrected chi connectivity index (χ1v) is 9.15. The number of Topliss-reactive ketones (excluding diaryl/α,β-unsaturated/α-hetero) is 1. The standard InChI is InChI=1S/C21H19ClFNO4/c1-3-10-24-18(13-6-4-5-7-16(13)23)17(20(26)21(24)27)19(25)14-11-12(28-2)8-9-15(14)22/h4-9,11,18,25H,3,10H2,1-2H3/b19-17+. The smallest absolute Gasteiger partial charge is 0.295 e. The zero-order valence-electron chi connectivity index (χ0n) is 15.4. The minimum atomic E-state index is -1.04. The number of halogens is 2. The third-order valence-corrected chi connectivity index (χ3v) is 4.96. The molecule has 2 aromatic carbocycles. The van der Waals surface area contributed by atoms with Crippen molar-refractivity contribution < 1.29 is 23.8 Å². The Morgan fingerprint density at radius 3 is 2.61 bits per heavy atom. The number of nitrogens with zero attached hydrogens (tertiary/aromatic N) is 1. The van der Waals surface area contributed by atoms with Crippen LogP contribution in [0.25, 0.3) is 5.76 Å². The van der Waals surface area contributed by atoms with Gasteiger partial charge >= 0.3 is 0 Å². The molecule has 7 heteroatoms. The maximum atomic E-state index is 14.5. The van der Waals surface area contributed by atoms with Crippen LogP contribution in [-0.4, -0.2) is 35.4 Å². The molecule has 2 aromatic rings. The zero-order valence-corrected chi connectivity index (χ0v) is 16.2. The molecule has 0 aromatic heterocycles. The van der Waals surface area contributed by atoms with Gasteiger partial charge in [-0.25, -0.2) is 4.39 Å². The maximum Gasteiger partial charge on any atom is 0.295 e. The van der Waals surface area contributed by atoms with Gasteiger partial charge in [-0.05, 0) is 30.7 Å². The maximum absolute atomic E-state index is 14.5. The second kappa shape index (κ2) is 8.02. The minimum absolute atomic E-state index is 0.135. The predicted molar refractivity (Wildman–Crippen MR) is 104 cm³/mol. The highest BCUT2D eigenvalue weighted by Crippen LogP contribution is 2.41. The monoisotopic (exact) mass is 403 g/mol. The summed E-state index contributed by atoms with van der Waals surface area (Å²) in [5, 5.41) is 11.1. The van der Waals surface area contributed by atoms with Crippen molar-refractivity contribution in [2.24, 2.45) is 0 Å². The Morgan fingerprint density at radius 1 is 1.25 bits per heavy atom. The average Bonchev–Trinajstić information content (AvgIpc) is 2.93. The number of likely N-dealkylation sites (tertiary alicyclic amines) is 1. The topological polar surface area (TPSA) is 66.8 Å². The van der Waals surface area contributed by atoms with Crippen LogP contribution in [0.3, 0.4) is 0 Å². The normalized spacial score (nSPS) is 18.6. The molecule has 5 nitrogen and oxygen atoms in total. The number of aliphatic hydroxyl groups excluding tert-OH is 1. The van der Waals surface area contributed by atoms with Crippen LogP contribution in [0.1, 0.15) is 30.5 Å². The highest BCUT2D eigenvalue weighted by Gasteiger charge is 2.46. The van der Waals surface area contributed by atoms with Gasteiger partial charge in [-0.1, -0.05) is 36.7 Å². The number of amides is 1. The van der Waals surface area contributed by atoms with Crippen LogP contribution in [0, 0.1) is 5.82 Å². The van der Waals surface area contributed by atoms with Crippen LogP contribution in [0.15, 0.2) is 48.0 Å². The van der Waals surface area contributed by atoms with Crippen LogP contribution >= 0.6 is 11.6 Å². The first-order chi connectivity index (χ1) is 13.4. The van der Waals surface area contributed by atoms with Crippen molar-refractivity contribution in [2.75, 3.05) is 13.7 Å². The number of benzene rings is 2. The van der Waals surface area contributed by atoms with E-state index in [1.54, 1.807) is 12.1 Å². The van der Waals surface area contributed by atoms with E-state index in [4.69, 9.17) is 16.3 Å². The molecule has 1 aliphatic heterocycles. The van der Waals surface area contributed by atoms with E-state index in [9.17, 15) is 19.1 Å². The van der Waals surface area contributed by atoms with E-state index in [0.717, 1.165) is 0 Å². The van der Waals surface area contributed by atoms with E-state index in [-0.39, 0.29) is 28.3 Å². The summed E-state index contributed by atoms with van der Waals surface area (Å²) in [6.45, 7) is 2.09. The predicted octanol–water partition coefficient (Wildman–Crippen LogP) is 4.32. The summed E-state index contributed by atoms with van der Waals surface area (Å²) in [7, 11) is 1.45. The summed E-state index contributed by atoms with van der Waals surface area (Å²) in [6, 6.07) is 9.41. The quantitative estimate of drug-likeness (QED) is 0.458. The number of rotatable bonds is 5. The van der Waals surface area contributed by atoms with Gasteiger partial charge in [-0.3, -0.25) is 9.59 Å². The molecule has 1 N–H and O–H groups in total. The van der Waals surface area contributed by atoms with Gasteiger partial charge in [0.2, 0.25) is 0 Å². The van der Waals surface area contributed by atoms with Crippen LogP contribution in [0.4, 0.5) is 4.39 Å². The lowest BCUT2D eigenvalue weighted by molar-refractivity contribution is -0.139. The highest BCUT2D eigenvalue weighted by molar-refractivity contribution is 6.47.